The molecule has 11 nitrogen and oxygen atoms in total. The Morgan fingerprint density at radius 1 is 0.958 bits per heavy atom. The van der Waals surface area contributed by atoms with Gasteiger partial charge in [0.1, 0.15) is 11.5 Å². The molecule has 0 saturated heterocycles. The second-order valence-corrected chi connectivity index (χ2v) is 10.7. The molecule has 1 aliphatic heterocycles. The predicted octanol–water partition coefficient (Wildman–Crippen LogP) is 6.61. The van der Waals surface area contributed by atoms with Crippen molar-refractivity contribution in [2.75, 3.05) is 13.2 Å². The Balaban J connectivity index is 1.49. The van der Waals surface area contributed by atoms with Crippen molar-refractivity contribution in [3.05, 3.63) is 136 Å². The van der Waals surface area contributed by atoms with E-state index in [9.17, 15) is 23.5 Å². The van der Waals surface area contributed by atoms with Crippen LogP contribution in [0.2, 0.25) is 0 Å². The summed E-state index contributed by atoms with van der Waals surface area (Å²) < 4.78 is 53.8. The summed E-state index contributed by atoms with van der Waals surface area (Å²) in [5.74, 6) is -0.188. The summed E-state index contributed by atoms with van der Waals surface area (Å²) in [5, 5.41) is 12.9. The lowest BCUT2D eigenvalue weighted by molar-refractivity contribution is -0.274. The minimum atomic E-state index is -4.81. The van der Waals surface area contributed by atoms with Gasteiger partial charge >= 0.3 is 6.36 Å². The molecule has 4 aromatic rings. The topological polar surface area (TPSA) is 150 Å². The number of aliphatic hydroxyl groups is 1. The average molecular weight is 661 g/mol. The number of hydrogen-bond acceptors (Lipinski definition) is 8. The largest absolute Gasteiger partial charge is 0.573 e. The molecular formula is C34H31F3N6O5. The van der Waals surface area contributed by atoms with Crippen molar-refractivity contribution in [3.63, 3.8) is 0 Å². The second-order valence-electron chi connectivity index (χ2n) is 10.7. The van der Waals surface area contributed by atoms with Gasteiger partial charge < -0.3 is 19.3 Å². The molecule has 1 aliphatic rings. The van der Waals surface area contributed by atoms with Crippen LogP contribution in [0, 0.1) is 0 Å². The van der Waals surface area contributed by atoms with Gasteiger partial charge in [-0.2, -0.15) is 0 Å². The molecule has 0 saturated carbocycles. The Morgan fingerprint density at radius 3 is 2.33 bits per heavy atom. The van der Waals surface area contributed by atoms with Crippen LogP contribution in [-0.4, -0.2) is 42.0 Å². The Morgan fingerprint density at radius 2 is 1.65 bits per heavy atom. The number of azide groups is 1. The molecule has 0 spiro atoms. The van der Waals surface area contributed by atoms with E-state index in [-0.39, 0.29) is 36.9 Å². The van der Waals surface area contributed by atoms with Gasteiger partial charge in [0.25, 0.3) is 5.91 Å². The Hall–Kier alpha value is -5.56. The number of aliphatic imine (C=N–C) groups is 1. The third kappa shape index (κ3) is 8.42. The summed E-state index contributed by atoms with van der Waals surface area (Å²) in [4.78, 5) is 22.2. The van der Waals surface area contributed by atoms with E-state index in [1.165, 1.54) is 24.3 Å². The zero-order valence-corrected chi connectivity index (χ0v) is 25.4. The van der Waals surface area contributed by atoms with Crippen molar-refractivity contribution >= 4 is 17.5 Å². The molecule has 4 aromatic carbocycles. The molecular weight excluding hydrogens is 629 g/mol. The fourth-order valence-corrected chi connectivity index (χ4v) is 5.16. The van der Waals surface area contributed by atoms with E-state index < -0.39 is 23.9 Å². The second kappa shape index (κ2) is 15.4. The first kappa shape index (κ1) is 33.8. The lowest BCUT2D eigenvalue weighted by Crippen LogP contribution is -2.53. The predicted molar refractivity (Wildman–Crippen MR) is 170 cm³/mol. The molecule has 0 radical (unpaired) electrons. The maximum Gasteiger partial charge on any atom is 0.573 e. The summed E-state index contributed by atoms with van der Waals surface area (Å²) in [7, 11) is 0. The first-order chi connectivity index (χ1) is 23.2. The zero-order valence-electron chi connectivity index (χ0n) is 25.4. The zero-order chi connectivity index (χ0) is 34.0. The molecule has 1 heterocycles. The van der Waals surface area contributed by atoms with Crippen molar-refractivity contribution in [3.8, 4) is 11.5 Å². The number of amides is 1. The highest BCUT2D eigenvalue weighted by atomic mass is 19.4. The number of ether oxygens (including phenoxy) is 3. The first-order valence-electron chi connectivity index (χ1n) is 14.9. The van der Waals surface area contributed by atoms with Crippen LogP contribution in [0.15, 0.2) is 113 Å². The van der Waals surface area contributed by atoms with Gasteiger partial charge in [0.2, 0.25) is 5.90 Å². The fraction of sp³-hybridized carbons (Fsp3) is 0.235. The molecule has 248 valence electrons. The lowest BCUT2D eigenvalue weighted by atomic mass is 9.81. The molecule has 14 heteroatoms. The highest BCUT2D eigenvalue weighted by molar-refractivity contribution is 6.01. The Bertz CT molecular complexity index is 1770. The van der Waals surface area contributed by atoms with Crippen LogP contribution in [0.3, 0.4) is 0 Å². The number of carbonyl (C=O) groups excluding carboxylic acids is 1. The third-order valence-electron chi connectivity index (χ3n) is 7.37. The number of carbonyl (C=O) groups is 1. The number of hydrogen-bond donors (Lipinski definition) is 3. The van der Waals surface area contributed by atoms with Crippen LogP contribution in [0.25, 0.3) is 10.4 Å². The normalized spacial score (nSPS) is 17.1. The van der Waals surface area contributed by atoms with Crippen LogP contribution >= 0.6 is 0 Å². The van der Waals surface area contributed by atoms with E-state index in [0.717, 1.165) is 5.56 Å². The minimum absolute atomic E-state index is 0.00502. The Labute approximate surface area is 273 Å². The van der Waals surface area contributed by atoms with E-state index in [1.54, 1.807) is 48.5 Å². The highest BCUT2D eigenvalue weighted by Crippen LogP contribution is 2.45. The van der Waals surface area contributed by atoms with Crippen LogP contribution < -0.4 is 20.3 Å². The van der Waals surface area contributed by atoms with Crippen LogP contribution in [0.4, 0.5) is 18.9 Å². The van der Waals surface area contributed by atoms with Gasteiger partial charge in [0.05, 0.1) is 6.61 Å². The standard InChI is InChI=1S/C34H31F3N6O5/c35-34(36,37)48-27-15-11-24(12-16-27)22-39-42-32(45)33(21-23-7-2-1-3-8-23)30(28-9-4-5-10-29(28)41-43-38)47-31(40-33)25-13-17-26(18-14-25)46-20-6-19-44/h1-5,7-18,30,39,44H,6,19-22H2,(H,42,45)/t30-,33-/m0/s1. The molecule has 48 heavy (non-hydrogen) atoms. The molecule has 3 N–H and O–H groups in total. The van der Waals surface area contributed by atoms with E-state index in [2.05, 4.69) is 25.6 Å². The van der Waals surface area contributed by atoms with E-state index >= 15 is 0 Å². The van der Waals surface area contributed by atoms with Crippen molar-refractivity contribution < 1.29 is 37.3 Å². The quantitative estimate of drug-likeness (QED) is 0.0456. The van der Waals surface area contributed by atoms with Crippen molar-refractivity contribution in [2.45, 2.75) is 37.4 Å². The number of halogens is 3. The number of benzene rings is 4. The Kier molecular flexibility index (Phi) is 10.8. The molecule has 0 aromatic heterocycles. The number of rotatable bonds is 14. The molecule has 0 aliphatic carbocycles. The van der Waals surface area contributed by atoms with Gasteiger partial charge in [-0.15, -0.1) is 13.2 Å². The van der Waals surface area contributed by atoms with Crippen LogP contribution in [0.1, 0.15) is 34.8 Å². The minimum Gasteiger partial charge on any atom is -0.494 e. The highest BCUT2D eigenvalue weighted by Gasteiger charge is 2.54. The van der Waals surface area contributed by atoms with Gasteiger partial charge in [0, 0.05) is 47.7 Å². The molecule has 0 bridgehead atoms. The fourth-order valence-electron chi connectivity index (χ4n) is 5.16. The number of nitrogens with one attached hydrogen (secondary N) is 2. The first-order valence-corrected chi connectivity index (χ1v) is 14.9. The molecule has 2 atom stereocenters. The van der Waals surface area contributed by atoms with E-state index in [4.69, 9.17) is 19.6 Å². The van der Waals surface area contributed by atoms with Gasteiger partial charge in [-0.05, 0) is 53.1 Å². The van der Waals surface area contributed by atoms with E-state index in [1.807, 2.05) is 30.3 Å². The SMILES string of the molecule is [N-]=[N+]=Nc1ccccc1[C@@H]1OC(c2ccc(OCCCO)cc2)=N[C@]1(Cc1ccccc1)C(=O)NNCc1ccc(OC(F)(F)F)cc1. The van der Waals surface area contributed by atoms with Crippen molar-refractivity contribution in [1.29, 1.82) is 0 Å². The smallest absolute Gasteiger partial charge is 0.494 e. The third-order valence-corrected chi connectivity index (χ3v) is 7.37. The van der Waals surface area contributed by atoms with Gasteiger partial charge in [-0.1, -0.05) is 71.8 Å². The van der Waals surface area contributed by atoms with Crippen LogP contribution in [0.5, 0.6) is 11.5 Å². The van der Waals surface area contributed by atoms with Gasteiger partial charge in [-0.25, -0.2) is 10.4 Å². The summed E-state index contributed by atoms with van der Waals surface area (Å²) in [5.41, 5.74) is 15.9. The maximum absolute atomic E-state index is 14.4. The number of hydrazine groups is 1. The monoisotopic (exact) mass is 660 g/mol. The number of aliphatic hydroxyl groups excluding tert-OH is 1. The van der Waals surface area contributed by atoms with Gasteiger partial charge in [-0.3, -0.25) is 10.2 Å². The maximum atomic E-state index is 14.4. The lowest BCUT2D eigenvalue weighted by Gasteiger charge is -2.31. The van der Waals surface area contributed by atoms with E-state index in [0.29, 0.717) is 35.5 Å². The average Bonchev–Trinajstić information content (AvgIpc) is 3.46. The van der Waals surface area contributed by atoms with Crippen molar-refractivity contribution in [2.24, 2.45) is 10.1 Å². The molecule has 1 amide bonds. The van der Waals surface area contributed by atoms with Gasteiger partial charge in [0.15, 0.2) is 11.6 Å². The summed E-state index contributed by atoms with van der Waals surface area (Å²) in [6.45, 7) is 0.407. The summed E-state index contributed by atoms with van der Waals surface area (Å²) in [6.07, 6.45) is -5.29. The van der Waals surface area contributed by atoms with Crippen LogP contribution in [-0.2, 0) is 22.5 Å². The number of nitrogens with zero attached hydrogens (tertiary/aromatic N) is 4. The summed E-state index contributed by atoms with van der Waals surface area (Å²) in [6, 6.07) is 28.2. The van der Waals surface area contributed by atoms with Crippen molar-refractivity contribution in [1.82, 2.24) is 10.9 Å². The molecule has 0 unspecified atom stereocenters. The molecule has 5 rings (SSSR count). The number of alkyl halides is 3. The summed E-state index contributed by atoms with van der Waals surface area (Å²) >= 11 is 0. The molecule has 0 fully saturated rings.